The molecule has 88 valence electrons. The first-order valence-corrected chi connectivity index (χ1v) is 5.65. The number of halogens is 1. The molecule has 0 radical (unpaired) electrons. The zero-order chi connectivity index (χ0) is 10.4. The molecule has 0 saturated heterocycles. The predicted octanol–water partition coefficient (Wildman–Crippen LogP) is 0.601. The fraction of sp³-hybridized carbons (Fsp3) is 0.538. The Morgan fingerprint density at radius 2 is 1.38 bits per heavy atom. The monoisotopic (exact) mass is 252 g/mol. The summed E-state index contributed by atoms with van der Waals surface area (Å²) in [5.74, 6) is 0. The molecule has 0 saturated carbocycles. The molecule has 0 bridgehead atoms. The smallest absolute Gasteiger partial charge is 1.00 e. The summed E-state index contributed by atoms with van der Waals surface area (Å²) in [6.45, 7) is 11.7. The van der Waals surface area contributed by atoms with Crippen LogP contribution in [0.3, 0.4) is 0 Å². The van der Waals surface area contributed by atoms with Gasteiger partial charge in [0.25, 0.3) is 0 Å². The van der Waals surface area contributed by atoms with Gasteiger partial charge in [0.05, 0.1) is 19.6 Å². The van der Waals surface area contributed by atoms with Crippen LogP contribution in [0.15, 0.2) is 30.3 Å². The molecule has 0 N–H and O–H groups in total. The summed E-state index contributed by atoms with van der Waals surface area (Å²) in [5, 5.41) is 0. The van der Waals surface area contributed by atoms with Crippen molar-refractivity contribution in [2.45, 2.75) is 27.3 Å². The second kappa shape index (κ2) is 9.49. The van der Waals surface area contributed by atoms with Crippen LogP contribution in [-0.4, -0.2) is 24.1 Å². The van der Waals surface area contributed by atoms with Crippen molar-refractivity contribution in [2.24, 2.45) is 0 Å². The van der Waals surface area contributed by atoms with E-state index in [0.29, 0.717) is 0 Å². The first kappa shape index (κ1) is 18.8. The summed E-state index contributed by atoms with van der Waals surface area (Å²) in [6, 6.07) is 10.8. The number of hydrogen-bond donors (Lipinski definition) is 0. The van der Waals surface area contributed by atoms with Crippen LogP contribution in [0.1, 0.15) is 27.8 Å². The molecule has 0 atom stereocenters. The minimum Gasteiger partial charge on any atom is -1.00 e. The summed E-state index contributed by atoms with van der Waals surface area (Å²) in [5.41, 5.74) is 1.46. The molecule has 0 spiro atoms. The molecule has 0 unspecified atom stereocenters. The van der Waals surface area contributed by atoms with Crippen LogP contribution in [0.5, 0.6) is 0 Å². The van der Waals surface area contributed by atoms with E-state index < -0.39 is 0 Å². The third-order valence-electron chi connectivity index (χ3n) is 3.37. The molecule has 0 aromatic heterocycles. The van der Waals surface area contributed by atoms with Gasteiger partial charge in [-0.15, -0.1) is 12.4 Å². The van der Waals surface area contributed by atoms with Crippen molar-refractivity contribution in [1.29, 1.82) is 0 Å². The van der Waals surface area contributed by atoms with Crippen molar-refractivity contribution in [3.63, 3.8) is 0 Å². The SMILES string of the molecule is CC[N+](CC)(CC)Cc1ccccc1.Cl.[H-].[Na+]. The molecule has 1 aromatic carbocycles. The van der Waals surface area contributed by atoms with E-state index in [4.69, 9.17) is 0 Å². The van der Waals surface area contributed by atoms with Crippen LogP contribution in [0, 0.1) is 0 Å². The molecule has 1 nitrogen and oxygen atoms in total. The van der Waals surface area contributed by atoms with E-state index in [1.807, 2.05) is 0 Å². The molecule has 3 heteroatoms. The van der Waals surface area contributed by atoms with E-state index in [-0.39, 0.29) is 43.4 Å². The molecule has 0 aliphatic rings. The van der Waals surface area contributed by atoms with Gasteiger partial charge in [-0.3, -0.25) is 0 Å². The van der Waals surface area contributed by atoms with E-state index in [9.17, 15) is 0 Å². The number of rotatable bonds is 5. The first-order chi connectivity index (χ1) is 6.76. The quantitative estimate of drug-likeness (QED) is 0.532. The molecule has 0 aliphatic carbocycles. The van der Waals surface area contributed by atoms with Gasteiger partial charge in [-0.05, 0) is 20.8 Å². The third-order valence-corrected chi connectivity index (χ3v) is 3.37. The van der Waals surface area contributed by atoms with Crippen LogP contribution >= 0.6 is 12.4 Å². The largest absolute Gasteiger partial charge is 1.00 e. The zero-order valence-electron chi connectivity index (χ0n) is 12.1. The van der Waals surface area contributed by atoms with Gasteiger partial charge in [-0.25, -0.2) is 0 Å². The van der Waals surface area contributed by atoms with E-state index in [0.717, 1.165) is 0 Å². The fourth-order valence-corrected chi connectivity index (χ4v) is 1.98. The third kappa shape index (κ3) is 5.20. The molecule has 16 heavy (non-hydrogen) atoms. The standard InChI is InChI=1S/C13H22N.ClH.Na.H/c1-4-14(5-2,6-3)12-13-10-8-7-9-11-13;;;/h7-11H,4-6,12H2,1-3H3;1H;;/q+1;;+1;-1. The average molecular weight is 253 g/mol. The zero-order valence-corrected chi connectivity index (χ0v) is 13.9. The summed E-state index contributed by atoms with van der Waals surface area (Å²) < 4.78 is 1.20. The molecule has 0 aliphatic heterocycles. The van der Waals surface area contributed by atoms with Gasteiger partial charge in [-0.1, -0.05) is 30.3 Å². The van der Waals surface area contributed by atoms with Crippen LogP contribution < -0.4 is 29.6 Å². The van der Waals surface area contributed by atoms with Gasteiger partial charge < -0.3 is 5.91 Å². The summed E-state index contributed by atoms with van der Waals surface area (Å²) in [4.78, 5) is 0. The Morgan fingerprint density at radius 1 is 0.938 bits per heavy atom. The summed E-state index contributed by atoms with van der Waals surface area (Å²) >= 11 is 0. The maximum absolute atomic E-state index is 2.29. The molecule has 0 heterocycles. The van der Waals surface area contributed by atoms with E-state index in [1.54, 1.807) is 0 Å². The number of benzene rings is 1. The second-order valence-electron chi connectivity index (χ2n) is 3.93. The minimum absolute atomic E-state index is 0. The van der Waals surface area contributed by atoms with Crippen molar-refractivity contribution in [1.82, 2.24) is 0 Å². The normalized spacial score (nSPS) is 10.2. The van der Waals surface area contributed by atoms with Crippen LogP contribution in [0.4, 0.5) is 0 Å². The molecule has 0 fully saturated rings. The fourth-order valence-electron chi connectivity index (χ4n) is 1.98. The Hall–Kier alpha value is 0.470. The maximum Gasteiger partial charge on any atom is 1.00 e. The van der Waals surface area contributed by atoms with Gasteiger partial charge in [-0.2, -0.15) is 0 Å². The molecule has 1 aromatic rings. The Morgan fingerprint density at radius 3 is 1.75 bits per heavy atom. The Kier molecular flexibility index (Phi) is 11.2. The summed E-state index contributed by atoms with van der Waals surface area (Å²) in [7, 11) is 0. The Balaban J connectivity index is -0.000000653. The van der Waals surface area contributed by atoms with E-state index >= 15 is 0 Å². The van der Waals surface area contributed by atoms with Crippen LogP contribution in [-0.2, 0) is 6.54 Å². The van der Waals surface area contributed by atoms with Crippen LogP contribution in [0.2, 0.25) is 0 Å². The maximum atomic E-state index is 2.29. The van der Waals surface area contributed by atoms with Gasteiger partial charge in [0.2, 0.25) is 0 Å². The summed E-state index contributed by atoms with van der Waals surface area (Å²) in [6.07, 6.45) is 0. The average Bonchev–Trinajstić information content (AvgIpc) is 2.28. The Bertz CT molecular complexity index is 257. The number of quaternary nitrogens is 1. The number of nitrogens with zero attached hydrogens (tertiary/aromatic N) is 1. The molecule has 1 rings (SSSR count). The van der Waals surface area contributed by atoms with Crippen LogP contribution in [0.25, 0.3) is 0 Å². The second-order valence-corrected chi connectivity index (χ2v) is 3.93. The molecular formula is C13H24ClNNa+. The van der Waals surface area contributed by atoms with Crippen molar-refractivity contribution < 1.29 is 35.5 Å². The Labute approximate surface area is 130 Å². The minimum atomic E-state index is 0. The molecular weight excluding hydrogens is 229 g/mol. The van der Waals surface area contributed by atoms with Gasteiger partial charge >= 0.3 is 29.6 Å². The van der Waals surface area contributed by atoms with Gasteiger partial charge in [0, 0.05) is 5.56 Å². The van der Waals surface area contributed by atoms with E-state index in [2.05, 4.69) is 51.1 Å². The number of hydrogen-bond acceptors (Lipinski definition) is 0. The van der Waals surface area contributed by atoms with Crippen molar-refractivity contribution in [3.05, 3.63) is 35.9 Å². The van der Waals surface area contributed by atoms with E-state index in [1.165, 1.54) is 36.2 Å². The first-order valence-electron chi connectivity index (χ1n) is 5.65. The van der Waals surface area contributed by atoms with Gasteiger partial charge in [0.15, 0.2) is 0 Å². The van der Waals surface area contributed by atoms with Crippen molar-refractivity contribution >= 4 is 12.4 Å². The van der Waals surface area contributed by atoms with Gasteiger partial charge in [0.1, 0.15) is 6.54 Å². The molecule has 0 amide bonds. The van der Waals surface area contributed by atoms with Crippen molar-refractivity contribution in [3.8, 4) is 0 Å². The predicted molar refractivity (Wildman–Crippen MR) is 70.4 cm³/mol. The topological polar surface area (TPSA) is 0 Å². The van der Waals surface area contributed by atoms with Crippen molar-refractivity contribution in [2.75, 3.05) is 19.6 Å².